The fourth-order valence-corrected chi connectivity index (χ4v) is 2.21. The topological polar surface area (TPSA) is 34.1 Å². The first-order valence-electron chi connectivity index (χ1n) is 7.59. The number of aryl methyl sites for hydroxylation is 1. The first-order chi connectivity index (χ1) is 10.2. The highest BCUT2D eigenvalue weighted by Crippen LogP contribution is 2.23. The Morgan fingerprint density at radius 3 is 2.76 bits per heavy atom. The van der Waals surface area contributed by atoms with Crippen LogP contribution in [-0.2, 0) is 6.54 Å². The van der Waals surface area contributed by atoms with Gasteiger partial charge in [-0.1, -0.05) is 31.5 Å². The number of nitrogens with zero attached hydrogens (tertiary/aromatic N) is 1. The Balaban J connectivity index is 2.17. The van der Waals surface area contributed by atoms with Gasteiger partial charge < -0.3 is 10.1 Å². The second kappa shape index (κ2) is 7.79. The molecule has 1 N–H and O–H groups in total. The van der Waals surface area contributed by atoms with Crippen LogP contribution >= 0.6 is 0 Å². The van der Waals surface area contributed by atoms with Gasteiger partial charge in [-0.25, -0.2) is 0 Å². The maximum absolute atomic E-state index is 5.76. The van der Waals surface area contributed by atoms with Gasteiger partial charge in [-0.05, 0) is 44.2 Å². The third kappa shape index (κ3) is 4.30. The van der Waals surface area contributed by atoms with E-state index in [1.54, 1.807) is 0 Å². The third-order valence-electron chi connectivity index (χ3n) is 3.46. The van der Waals surface area contributed by atoms with E-state index in [1.807, 2.05) is 19.2 Å². The van der Waals surface area contributed by atoms with Crippen LogP contribution in [0.25, 0.3) is 11.3 Å². The zero-order valence-electron chi connectivity index (χ0n) is 13.1. The average molecular weight is 284 g/mol. The quantitative estimate of drug-likeness (QED) is 0.782. The number of hydrogen-bond acceptors (Lipinski definition) is 3. The summed E-state index contributed by atoms with van der Waals surface area (Å²) in [5, 5.41) is 3.16. The number of ether oxygens (including phenoxy) is 1. The van der Waals surface area contributed by atoms with Crippen LogP contribution in [-0.4, -0.2) is 18.6 Å². The zero-order valence-corrected chi connectivity index (χ0v) is 13.1. The standard InChI is InChI=1S/C18H24N2O/c1-4-5-11-21-17-8-6-7-15(12-17)18-10-9-16(13-19-3)14(2)20-18/h6-10,12,19H,4-5,11,13H2,1-3H3. The first kappa shape index (κ1) is 15.5. The van der Waals surface area contributed by atoms with Crippen LogP contribution < -0.4 is 10.1 Å². The molecule has 0 saturated heterocycles. The van der Waals surface area contributed by atoms with Gasteiger partial charge in [-0.3, -0.25) is 4.98 Å². The molecule has 2 aromatic rings. The third-order valence-corrected chi connectivity index (χ3v) is 3.46. The van der Waals surface area contributed by atoms with Crippen molar-refractivity contribution in [1.29, 1.82) is 0 Å². The van der Waals surface area contributed by atoms with E-state index in [0.29, 0.717) is 0 Å². The lowest BCUT2D eigenvalue weighted by Gasteiger charge is -2.10. The lowest BCUT2D eigenvalue weighted by atomic mass is 10.1. The highest BCUT2D eigenvalue weighted by Gasteiger charge is 2.05. The highest BCUT2D eigenvalue weighted by molar-refractivity contribution is 5.61. The molecule has 0 amide bonds. The normalized spacial score (nSPS) is 10.6. The van der Waals surface area contributed by atoms with Gasteiger partial charge in [0.1, 0.15) is 5.75 Å². The van der Waals surface area contributed by atoms with Crippen molar-refractivity contribution in [1.82, 2.24) is 10.3 Å². The van der Waals surface area contributed by atoms with Crippen molar-refractivity contribution >= 4 is 0 Å². The molecule has 112 valence electrons. The SMILES string of the molecule is CCCCOc1cccc(-c2ccc(CNC)c(C)n2)c1. The number of aromatic nitrogens is 1. The smallest absolute Gasteiger partial charge is 0.119 e. The minimum absolute atomic E-state index is 0.771. The molecule has 1 aromatic carbocycles. The van der Waals surface area contributed by atoms with Crippen LogP contribution in [0.15, 0.2) is 36.4 Å². The van der Waals surface area contributed by atoms with Crippen LogP contribution in [0.2, 0.25) is 0 Å². The van der Waals surface area contributed by atoms with Gasteiger partial charge in [0, 0.05) is 17.8 Å². The van der Waals surface area contributed by atoms with Crippen LogP contribution in [0.5, 0.6) is 5.75 Å². The van der Waals surface area contributed by atoms with Crippen molar-refractivity contribution in [2.45, 2.75) is 33.2 Å². The molecule has 0 fully saturated rings. The van der Waals surface area contributed by atoms with Gasteiger partial charge in [0.05, 0.1) is 12.3 Å². The maximum atomic E-state index is 5.76. The Morgan fingerprint density at radius 2 is 2.05 bits per heavy atom. The maximum Gasteiger partial charge on any atom is 0.119 e. The molecule has 3 heteroatoms. The molecule has 1 heterocycles. The van der Waals surface area contributed by atoms with Gasteiger partial charge in [-0.2, -0.15) is 0 Å². The predicted octanol–water partition coefficient (Wildman–Crippen LogP) is 3.96. The number of nitrogens with one attached hydrogen (secondary N) is 1. The molecule has 21 heavy (non-hydrogen) atoms. The number of pyridine rings is 1. The van der Waals surface area contributed by atoms with E-state index in [4.69, 9.17) is 9.72 Å². The molecule has 2 rings (SSSR count). The molecule has 0 unspecified atom stereocenters. The molecule has 3 nitrogen and oxygen atoms in total. The number of benzene rings is 1. The van der Waals surface area contributed by atoms with Gasteiger partial charge in [0.15, 0.2) is 0 Å². The molecule has 0 aliphatic heterocycles. The number of unbranched alkanes of at least 4 members (excludes halogenated alkanes) is 1. The van der Waals surface area contributed by atoms with E-state index >= 15 is 0 Å². The summed E-state index contributed by atoms with van der Waals surface area (Å²) in [6, 6.07) is 12.4. The molecular weight excluding hydrogens is 260 g/mol. The number of hydrogen-bond donors (Lipinski definition) is 1. The summed E-state index contributed by atoms with van der Waals surface area (Å²) >= 11 is 0. The largest absolute Gasteiger partial charge is 0.494 e. The van der Waals surface area contributed by atoms with Crippen molar-refractivity contribution in [2.75, 3.05) is 13.7 Å². The molecule has 0 saturated carbocycles. The zero-order chi connectivity index (χ0) is 15.1. The summed E-state index contributed by atoms with van der Waals surface area (Å²) in [4.78, 5) is 4.70. The first-order valence-corrected chi connectivity index (χ1v) is 7.59. The van der Waals surface area contributed by atoms with Gasteiger partial charge in [0.2, 0.25) is 0 Å². The Kier molecular flexibility index (Phi) is 5.76. The molecule has 0 spiro atoms. The van der Waals surface area contributed by atoms with Crippen molar-refractivity contribution < 1.29 is 4.74 Å². The Labute approximate surface area is 127 Å². The molecule has 0 aliphatic rings. The fraction of sp³-hybridized carbons (Fsp3) is 0.389. The molecule has 0 aliphatic carbocycles. The van der Waals surface area contributed by atoms with Gasteiger partial charge in [-0.15, -0.1) is 0 Å². The number of rotatable bonds is 7. The Morgan fingerprint density at radius 1 is 1.19 bits per heavy atom. The van der Waals surface area contributed by atoms with Crippen LogP contribution in [0, 0.1) is 6.92 Å². The van der Waals surface area contributed by atoms with Crippen molar-refractivity contribution in [2.24, 2.45) is 0 Å². The van der Waals surface area contributed by atoms with Crippen LogP contribution in [0.4, 0.5) is 0 Å². The van der Waals surface area contributed by atoms with E-state index in [-0.39, 0.29) is 0 Å². The molecule has 1 aromatic heterocycles. The lowest BCUT2D eigenvalue weighted by molar-refractivity contribution is 0.309. The lowest BCUT2D eigenvalue weighted by Crippen LogP contribution is -2.07. The van der Waals surface area contributed by atoms with Crippen molar-refractivity contribution in [3.63, 3.8) is 0 Å². The van der Waals surface area contributed by atoms with Crippen LogP contribution in [0.3, 0.4) is 0 Å². The van der Waals surface area contributed by atoms with E-state index in [0.717, 1.165) is 48.7 Å². The Bertz CT molecular complexity index is 581. The average Bonchev–Trinajstić information content (AvgIpc) is 2.50. The van der Waals surface area contributed by atoms with E-state index < -0.39 is 0 Å². The molecule has 0 atom stereocenters. The monoisotopic (exact) mass is 284 g/mol. The minimum Gasteiger partial charge on any atom is -0.494 e. The molecule has 0 radical (unpaired) electrons. The van der Waals surface area contributed by atoms with Crippen LogP contribution in [0.1, 0.15) is 31.0 Å². The second-order valence-corrected chi connectivity index (χ2v) is 5.20. The fourth-order valence-electron chi connectivity index (χ4n) is 2.21. The summed E-state index contributed by atoms with van der Waals surface area (Å²) in [6.45, 7) is 5.84. The minimum atomic E-state index is 0.771. The molecular formula is C18H24N2O. The summed E-state index contributed by atoms with van der Waals surface area (Å²) in [5.74, 6) is 0.916. The summed E-state index contributed by atoms with van der Waals surface area (Å²) < 4.78 is 5.76. The van der Waals surface area contributed by atoms with Gasteiger partial charge in [0.25, 0.3) is 0 Å². The summed E-state index contributed by atoms with van der Waals surface area (Å²) in [5.41, 5.74) is 4.40. The van der Waals surface area contributed by atoms with E-state index in [2.05, 4.69) is 43.4 Å². The summed E-state index contributed by atoms with van der Waals surface area (Å²) in [7, 11) is 1.95. The van der Waals surface area contributed by atoms with E-state index in [9.17, 15) is 0 Å². The van der Waals surface area contributed by atoms with Gasteiger partial charge >= 0.3 is 0 Å². The Hall–Kier alpha value is -1.87. The summed E-state index contributed by atoms with van der Waals surface area (Å²) in [6.07, 6.45) is 2.23. The highest BCUT2D eigenvalue weighted by atomic mass is 16.5. The van der Waals surface area contributed by atoms with E-state index in [1.165, 1.54) is 5.56 Å². The second-order valence-electron chi connectivity index (χ2n) is 5.20. The molecule has 0 bridgehead atoms. The predicted molar refractivity (Wildman–Crippen MR) is 87.6 cm³/mol. The van der Waals surface area contributed by atoms with Crippen molar-refractivity contribution in [3.05, 3.63) is 47.7 Å². The van der Waals surface area contributed by atoms with Crippen molar-refractivity contribution in [3.8, 4) is 17.0 Å².